The Morgan fingerprint density at radius 3 is 2.28 bits per heavy atom. The summed E-state index contributed by atoms with van der Waals surface area (Å²) in [5, 5.41) is 9.38. The van der Waals surface area contributed by atoms with Crippen LogP contribution in [0.5, 0.6) is 5.75 Å². The van der Waals surface area contributed by atoms with Crippen LogP contribution in [0, 0.1) is 0 Å². The first-order valence-corrected chi connectivity index (χ1v) is 15.5. The van der Waals surface area contributed by atoms with Crippen molar-refractivity contribution in [2.75, 3.05) is 26.8 Å². The Balaban J connectivity index is 1.31. The van der Waals surface area contributed by atoms with Crippen LogP contribution in [0.25, 0.3) is 0 Å². The molecule has 1 N–H and O–H groups in total. The van der Waals surface area contributed by atoms with Gasteiger partial charge in [-0.25, -0.2) is 4.79 Å². The van der Waals surface area contributed by atoms with Crippen LogP contribution >= 0.6 is 0 Å². The molecule has 43 heavy (non-hydrogen) atoms. The highest BCUT2D eigenvalue weighted by Gasteiger charge is 2.27. The van der Waals surface area contributed by atoms with E-state index in [0.29, 0.717) is 19.6 Å². The maximum absolute atomic E-state index is 11.4. The SMILES string of the molecule is CCOC(Cc1ccc(OCCN(C)C2c3ccc(Cc4ccccc4)cc3CCc3ccc(CC)cc32)cc1)C(=O)O. The molecule has 5 nitrogen and oxygen atoms in total. The van der Waals surface area contributed by atoms with Crippen molar-refractivity contribution in [3.05, 3.63) is 136 Å². The van der Waals surface area contributed by atoms with E-state index in [1.165, 1.54) is 38.9 Å². The zero-order chi connectivity index (χ0) is 30.2. The molecule has 0 saturated heterocycles. The van der Waals surface area contributed by atoms with Gasteiger partial charge in [-0.2, -0.15) is 0 Å². The van der Waals surface area contributed by atoms with Crippen molar-refractivity contribution in [2.24, 2.45) is 0 Å². The van der Waals surface area contributed by atoms with E-state index in [-0.39, 0.29) is 6.04 Å². The number of likely N-dealkylation sites (N-methyl/N-ethyl adjacent to an activating group) is 1. The van der Waals surface area contributed by atoms with E-state index in [1.54, 1.807) is 0 Å². The van der Waals surface area contributed by atoms with Gasteiger partial charge < -0.3 is 14.6 Å². The standard InChI is InChI=1S/C38H43NO4/c1-4-27-11-15-31-16-17-32-24-30(23-28-9-7-6-8-10-28)14-20-34(32)37(35(31)25-27)39(3)21-22-43-33-18-12-29(13-19-33)26-36(38(40)41)42-5-2/h6-15,18-20,24-25,36-37H,4-5,16-17,21-23,26H2,1-3H3,(H,40,41). The summed E-state index contributed by atoms with van der Waals surface area (Å²) in [5.74, 6) is -0.161. The average Bonchev–Trinajstić information content (AvgIpc) is 3.18. The number of carboxylic acids is 1. The molecule has 0 aliphatic heterocycles. The molecule has 1 aliphatic carbocycles. The number of benzene rings is 4. The van der Waals surface area contributed by atoms with Crippen molar-refractivity contribution in [3.63, 3.8) is 0 Å². The van der Waals surface area contributed by atoms with Gasteiger partial charge in [0, 0.05) is 19.6 Å². The van der Waals surface area contributed by atoms with Gasteiger partial charge in [0.1, 0.15) is 12.4 Å². The monoisotopic (exact) mass is 577 g/mol. The zero-order valence-electron chi connectivity index (χ0n) is 25.6. The van der Waals surface area contributed by atoms with Gasteiger partial charge in [-0.05, 0) is 96.3 Å². The number of hydrogen-bond donors (Lipinski definition) is 1. The van der Waals surface area contributed by atoms with Crippen LogP contribution < -0.4 is 4.74 Å². The van der Waals surface area contributed by atoms with Gasteiger partial charge in [0.2, 0.25) is 0 Å². The van der Waals surface area contributed by atoms with Crippen LogP contribution in [0.4, 0.5) is 0 Å². The number of aryl methyl sites for hydroxylation is 3. The Morgan fingerprint density at radius 1 is 0.837 bits per heavy atom. The zero-order valence-corrected chi connectivity index (χ0v) is 25.6. The van der Waals surface area contributed by atoms with Crippen molar-refractivity contribution < 1.29 is 19.4 Å². The van der Waals surface area contributed by atoms with Gasteiger partial charge in [0.25, 0.3) is 0 Å². The van der Waals surface area contributed by atoms with Crippen LogP contribution in [-0.4, -0.2) is 48.9 Å². The Morgan fingerprint density at radius 2 is 1.56 bits per heavy atom. The summed E-state index contributed by atoms with van der Waals surface area (Å²) in [6.45, 7) is 5.71. The number of hydrogen-bond acceptors (Lipinski definition) is 4. The van der Waals surface area contributed by atoms with Gasteiger partial charge in [0.05, 0.1) is 6.04 Å². The summed E-state index contributed by atoms with van der Waals surface area (Å²) in [6.07, 6.45) is 3.54. The topological polar surface area (TPSA) is 59.0 Å². The lowest BCUT2D eigenvalue weighted by atomic mass is 9.90. The molecular formula is C38H43NO4. The number of aliphatic carboxylic acids is 1. The minimum absolute atomic E-state index is 0.155. The summed E-state index contributed by atoms with van der Waals surface area (Å²) in [5.41, 5.74) is 10.6. The minimum atomic E-state index is -0.939. The van der Waals surface area contributed by atoms with Gasteiger partial charge >= 0.3 is 5.97 Å². The van der Waals surface area contributed by atoms with E-state index in [0.717, 1.165) is 43.5 Å². The molecule has 0 spiro atoms. The molecule has 0 fully saturated rings. The highest BCUT2D eigenvalue weighted by Crippen LogP contribution is 2.37. The van der Waals surface area contributed by atoms with Gasteiger partial charge in [-0.3, -0.25) is 4.90 Å². The Kier molecular flexibility index (Phi) is 10.3. The molecule has 0 bridgehead atoms. The van der Waals surface area contributed by atoms with Crippen molar-refractivity contribution in [3.8, 4) is 5.75 Å². The smallest absolute Gasteiger partial charge is 0.333 e. The molecule has 0 radical (unpaired) electrons. The molecular weight excluding hydrogens is 534 g/mol. The molecule has 0 aromatic heterocycles. The molecule has 0 heterocycles. The summed E-state index contributed by atoms with van der Waals surface area (Å²) >= 11 is 0. The molecule has 4 aromatic carbocycles. The molecule has 224 valence electrons. The van der Waals surface area contributed by atoms with E-state index in [1.807, 2.05) is 31.2 Å². The van der Waals surface area contributed by atoms with Crippen LogP contribution in [0.2, 0.25) is 0 Å². The first kappa shape index (κ1) is 30.5. The van der Waals surface area contributed by atoms with E-state index in [4.69, 9.17) is 9.47 Å². The Labute approximate surface area is 256 Å². The van der Waals surface area contributed by atoms with Crippen LogP contribution in [0.15, 0.2) is 91.0 Å². The number of rotatable bonds is 13. The van der Waals surface area contributed by atoms with E-state index in [9.17, 15) is 9.90 Å². The number of carboxylic acid groups (broad SMARTS) is 1. The van der Waals surface area contributed by atoms with Crippen LogP contribution in [0.3, 0.4) is 0 Å². The fraction of sp³-hybridized carbons (Fsp3) is 0.342. The normalized spacial score (nSPS) is 14.9. The second-order valence-electron chi connectivity index (χ2n) is 11.4. The second-order valence-corrected chi connectivity index (χ2v) is 11.4. The molecule has 2 unspecified atom stereocenters. The maximum Gasteiger partial charge on any atom is 0.333 e. The van der Waals surface area contributed by atoms with Crippen molar-refractivity contribution in [1.82, 2.24) is 4.90 Å². The van der Waals surface area contributed by atoms with E-state index in [2.05, 4.69) is 85.6 Å². The highest BCUT2D eigenvalue weighted by molar-refractivity contribution is 5.72. The number of fused-ring (bicyclic) bond motifs is 2. The predicted molar refractivity (Wildman–Crippen MR) is 172 cm³/mol. The summed E-state index contributed by atoms with van der Waals surface area (Å²) in [7, 11) is 2.20. The maximum atomic E-state index is 11.4. The summed E-state index contributed by atoms with van der Waals surface area (Å²) < 4.78 is 11.5. The third-order valence-corrected chi connectivity index (χ3v) is 8.47. The molecule has 2 atom stereocenters. The fourth-order valence-corrected chi connectivity index (χ4v) is 6.13. The quantitative estimate of drug-likeness (QED) is 0.184. The molecule has 4 aromatic rings. The number of carbonyl (C=O) groups is 1. The molecule has 5 heteroatoms. The van der Waals surface area contributed by atoms with Crippen LogP contribution in [0.1, 0.15) is 64.4 Å². The van der Waals surface area contributed by atoms with Gasteiger partial charge in [-0.1, -0.05) is 85.8 Å². The highest BCUT2D eigenvalue weighted by atomic mass is 16.5. The third kappa shape index (κ3) is 7.73. The fourth-order valence-electron chi connectivity index (χ4n) is 6.13. The molecule has 0 amide bonds. The van der Waals surface area contributed by atoms with E-state index >= 15 is 0 Å². The van der Waals surface area contributed by atoms with Crippen molar-refractivity contribution >= 4 is 5.97 Å². The lowest BCUT2D eigenvalue weighted by molar-refractivity contribution is -0.149. The largest absolute Gasteiger partial charge is 0.492 e. The number of ether oxygens (including phenoxy) is 2. The van der Waals surface area contributed by atoms with Crippen molar-refractivity contribution in [1.29, 1.82) is 0 Å². The summed E-state index contributed by atoms with van der Waals surface area (Å²) in [4.78, 5) is 13.9. The first-order valence-electron chi connectivity index (χ1n) is 15.5. The Hall–Kier alpha value is -3.93. The molecule has 1 aliphatic rings. The van der Waals surface area contributed by atoms with Crippen LogP contribution in [-0.2, 0) is 41.6 Å². The lowest BCUT2D eigenvalue weighted by Crippen LogP contribution is -2.30. The second kappa shape index (κ2) is 14.5. The molecule has 5 rings (SSSR count). The third-order valence-electron chi connectivity index (χ3n) is 8.47. The summed E-state index contributed by atoms with van der Waals surface area (Å²) in [6, 6.07) is 32.6. The average molecular weight is 578 g/mol. The van der Waals surface area contributed by atoms with Gasteiger partial charge in [-0.15, -0.1) is 0 Å². The Bertz CT molecular complexity index is 1500. The lowest BCUT2D eigenvalue weighted by Gasteiger charge is -2.31. The van der Waals surface area contributed by atoms with Gasteiger partial charge in [0.15, 0.2) is 6.10 Å². The number of nitrogens with zero attached hydrogens (tertiary/aromatic N) is 1. The first-order chi connectivity index (χ1) is 20.9. The van der Waals surface area contributed by atoms with E-state index < -0.39 is 12.1 Å². The molecule has 0 saturated carbocycles. The van der Waals surface area contributed by atoms with Crippen molar-refractivity contribution in [2.45, 2.75) is 58.1 Å². The minimum Gasteiger partial charge on any atom is -0.492 e. The predicted octanol–water partition coefficient (Wildman–Crippen LogP) is 7.07.